The van der Waals surface area contributed by atoms with Crippen molar-refractivity contribution in [3.8, 4) is 6.07 Å². The number of nitrogens with zero attached hydrogens (tertiary/aromatic N) is 2. The molecule has 0 aromatic heterocycles. The van der Waals surface area contributed by atoms with Gasteiger partial charge in [0.15, 0.2) is 0 Å². The fraction of sp³-hybridized carbons (Fsp3) is 0.917. The Hall–Kier alpha value is -0.590. The van der Waals surface area contributed by atoms with Gasteiger partial charge in [-0.15, -0.1) is 0 Å². The van der Waals surface area contributed by atoms with Crippen LogP contribution in [-0.2, 0) is 0 Å². The summed E-state index contributed by atoms with van der Waals surface area (Å²) in [5.74, 6) is 0. The molecule has 0 aromatic carbocycles. The summed E-state index contributed by atoms with van der Waals surface area (Å²) in [6.45, 7) is 4.02. The molecule has 2 atom stereocenters. The molecule has 1 aliphatic rings. The first kappa shape index (κ1) is 12.5. The lowest BCUT2D eigenvalue weighted by Crippen LogP contribution is -2.41. The summed E-state index contributed by atoms with van der Waals surface area (Å²) in [4.78, 5) is 2.45. The molecule has 2 unspecified atom stereocenters. The SMILES string of the molecule is CC(O)CC1CCCCN1CCCC#N. The van der Waals surface area contributed by atoms with Crippen molar-refractivity contribution in [2.24, 2.45) is 0 Å². The molecular weight excluding hydrogens is 188 g/mol. The third-order valence-corrected chi connectivity index (χ3v) is 3.10. The molecule has 3 nitrogen and oxygen atoms in total. The van der Waals surface area contributed by atoms with Crippen LogP contribution in [-0.4, -0.2) is 35.2 Å². The van der Waals surface area contributed by atoms with Gasteiger partial charge < -0.3 is 10.0 Å². The van der Waals surface area contributed by atoms with E-state index in [-0.39, 0.29) is 6.10 Å². The van der Waals surface area contributed by atoms with Crippen molar-refractivity contribution in [2.45, 2.75) is 57.6 Å². The van der Waals surface area contributed by atoms with E-state index in [1.165, 1.54) is 19.3 Å². The third kappa shape index (κ3) is 4.63. The van der Waals surface area contributed by atoms with Gasteiger partial charge in [-0.25, -0.2) is 0 Å². The Morgan fingerprint density at radius 1 is 1.53 bits per heavy atom. The van der Waals surface area contributed by atoms with Crippen LogP contribution in [0.25, 0.3) is 0 Å². The van der Waals surface area contributed by atoms with E-state index in [1.807, 2.05) is 6.92 Å². The number of aliphatic hydroxyl groups excluding tert-OH is 1. The maximum atomic E-state index is 9.41. The second-order valence-corrected chi connectivity index (χ2v) is 4.53. The number of hydrogen-bond acceptors (Lipinski definition) is 3. The van der Waals surface area contributed by atoms with Gasteiger partial charge in [-0.1, -0.05) is 6.42 Å². The smallest absolute Gasteiger partial charge is 0.0622 e. The fourth-order valence-electron chi connectivity index (χ4n) is 2.38. The van der Waals surface area contributed by atoms with Gasteiger partial charge in [0, 0.05) is 12.5 Å². The zero-order valence-corrected chi connectivity index (χ0v) is 9.65. The molecule has 15 heavy (non-hydrogen) atoms. The minimum Gasteiger partial charge on any atom is -0.393 e. The van der Waals surface area contributed by atoms with Crippen molar-refractivity contribution < 1.29 is 5.11 Å². The van der Waals surface area contributed by atoms with Gasteiger partial charge in [-0.3, -0.25) is 0 Å². The van der Waals surface area contributed by atoms with Crippen molar-refractivity contribution in [1.29, 1.82) is 5.26 Å². The van der Waals surface area contributed by atoms with Gasteiger partial charge in [0.2, 0.25) is 0 Å². The number of nitriles is 1. The summed E-state index contributed by atoms with van der Waals surface area (Å²) in [5, 5.41) is 17.9. The second-order valence-electron chi connectivity index (χ2n) is 4.53. The van der Waals surface area contributed by atoms with Crippen molar-refractivity contribution >= 4 is 0 Å². The number of piperidine rings is 1. The van der Waals surface area contributed by atoms with Gasteiger partial charge in [-0.2, -0.15) is 5.26 Å². The molecule has 3 heteroatoms. The van der Waals surface area contributed by atoms with E-state index < -0.39 is 0 Å². The zero-order chi connectivity index (χ0) is 11.1. The molecule has 1 saturated heterocycles. The molecule has 1 heterocycles. The molecule has 0 radical (unpaired) electrons. The van der Waals surface area contributed by atoms with E-state index in [0.29, 0.717) is 12.5 Å². The largest absolute Gasteiger partial charge is 0.393 e. The maximum Gasteiger partial charge on any atom is 0.0622 e. The molecule has 1 aliphatic heterocycles. The maximum absolute atomic E-state index is 9.41. The van der Waals surface area contributed by atoms with E-state index in [2.05, 4.69) is 11.0 Å². The molecule has 1 fully saturated rings. The van der Waals surface area contributed by atoms with E-state index >= 15 is 0 Å². The highest BCUT2D eigenvalue weighted by Gasteiger charge is 2.22. The van der Waals surface area contributed by atoms with E-state index in [9.17, 15) is 5.11 Å². The van der Waals surface area contributed by atoms with Gasteiger partial charge >= 0.3 is 0 Å². The number of likely N-dealkylation sites (tertiary alicyclic amines) is 1. The highest BCUT2D eigenvalue weighted by atomic mass is 16.3. The van der Waals surface area contributed by atoms with Crippen molar-refractivity contribution in [3.63, 3.8) is 0 Å². The fourth-order valence-corrected chi connectivity index (χ4v) is 2.38. The number of hydrogen-bond donors (Lipinski definition) is 1. The summed E-state index contributed by atoms with van der Waals surface area (Å²) in [5.41, 5.74) is 0. The highest BCUT2D eigenvalue weighted by Crippen LogP contribution is 2.21. The lowest BCUT2D eigenvalue weighted by atomic mass is 9.97. The Morgan fingerprint density at radius 2 is 2.33 bits per heavy atom. The van der Waals surface area contributed by atoms with Gasteiger partial charge in [0.25, 0.3) is 0 Å². The topological polar surface area (TPSA) is 47.3 Å². The Balaban J connectivity index is 2.33. The first-order valence-electron chi connectivity index (χ1n) is 6.03. The molecule has 1 N–H and O–H groups in total. The summed E-state index contributed by atoms with van der Waals surface area (Å²) in [6, 6.07) is 2.73. The van der Waals surface area contributed by atoms with Crippen LogP contribution in [0, 0.1) is 11.3 Å². The van der Waals surface area contributed by atoms with Crippen LogP contribution >= 0.6 is 0 Å². The van der Waals surface area contributed by atoms with Crippen molar-refractivity contribution in [1.82, 2.24) is 4.90 Å². The van der Waals surface area contributed by atoms with E-state index in [1.54, 1.807) is 0 Å². The summed E-state index contributed by atoms with van der Waals surface area (Å²) in [7, 11) is 0. The van der Waals surface area contributed by atoms with Crippen LogP contribution in [0.2, 0.25) is 0 Å². The normalized spacial score (nSPS) is 24.7. The average molecular weight is 210 g/mol. The van der Waals surface area contributed by atoms with E-state index in [0.717, 1.165) is 25.9 Å². The zero-order valence-electron chi connectivity index (χ0n) is 9.65. The Kier molecular flexibility index (Phi) is 5.67. The van der Waals surface area contributed by atoms with Crippen molar-refractivity contribution in [3.05, 3.63) is 0 Å². The lowest BCUT2D eigenvalue weighted by molar-refractivity contribution is 0.0863. The third-order valence-electron chi connectivity index (χ3n) is 3.10. The van der Waals surface area contributed by atoms with Gasteiger partial charge in [0.05, 0.1) is 12.2 Å². The molecule has 0 saturated carbocycles. The van der Waals surface area contributed by atoms with Crippen LogP contribution in [0.3, 0.4) is 0 Å². The van der Waals surface area contributed by atoms with Crippen molar-refractivity contribution in [2.75, 3.05) is 13.1 Å². The number of rotatable bonds is 5. The van der Waals surface area contributed by atoms with Gasteiger partial charge in [0.1, 0.15) is 0 Å². The summed E-state index contributed by atoms with van der Waals surface area (Å²) < 4.78 is 0. The second kappa shape index (κ2) is 6.81. The summed E-state index contributed by atoms with van der Waals surface area (Å²) >= 11 is 0. The first-order valence-corrected chi connectivity index (χ1v) is 6.03. The highest BCUT2D eigenvalue weighted by molar-refractivity contribution is 4.79. The van der Waals surface area contributed by atoms with Crippen LogP contribution in [0.1, 0.15) is 45.4 Å². The summed E-state index contributed by atoms with van der Waals surface area (Å²) in [6.07, 6.45) is 6.05. The number of unbranched alkanes of at least 4 members (excludes halogenated alkanes) is 1. The Labute approximate surface area is 92.7 Å². The predicted octanol–water partition coefficient (Wildman–Crippen LogP) is 1.92. The molecule has 0 amide bonds. The predicted molar refractivity (Wildman–Crippen MR) is 60.4 cm³/mol. The Morgan fingerprint density at radius 3 is 3.00 bits per heavy atom. The molecule has 0 aliphatic carbocycles. The first-order chi connectivity index (χ1) is 7.24. The average Bonchev–Trinajstić information content (AvgIpc) is 2.20. The van der Waals surface area contributed by atoms with Crippen LogP contribution in [0.15, 0.2) is 0 Å². The molecule has 0 aromatic rings. The standard InChI is InChI=1S/C12H22N2O/c1-11(15)10-12-6-2-4-8-14(12)9-5-3-7-13/h11-12,15H,2-6,8-10H2,1H3. The minimum absolute atomic E-state index is 0.202. The van der Waals surface area contributed by atoms with Crippen LogP contribution in [0.4, 0.5) is 0 Å². The minimum atomic E-state index is -0.202. The molecule has 86 valence electrons. The monoisotopic (exact) mass is 210 g/mol. The molecule has 1 rings (SSSR count). The Bertz CT molecular complexity index is 210. The lowest BCUT2D eigenvalue weighted by Gasteiger charge is -2.36. The molecule has 0 spiro atoms. The van der Waals surface area contributed by atoms with E-state index in [4.69, 9.17) is 5.26 Å². The molecule has 0 bridgehead atoms. The quantitative estimate of drug-likeness (QED) is 0.705. The van der Waals surface area contributed by atoms with Gasteiger partial charge in [-0.05, 0) is 45.7 Å². The number of aliphatic hydroxyl groups is 1. The van der Waals surface area contributed by atoms with Crippen LogP contribution in [0.5, 0.6) is 0 Å². The molecular formula is C12H22N2O. The van der Waals surface area contributed by atoms with Crippen LogP contribution < -0.4 is 0 Å².